The number of hydrogen-bond acceptors (Lipinski definition) is 6. The molecule has 7 nitrogen and oxygen atoms in total. The van der Waals surface area contributed by atoms with Crippen LogP contribution < -0.4 is 10.6 Å². The van der Waals surface area contributed by atoms with Gasteiger partial charge in [-0.25, -0.2) is 0 Å². The zero-order valence-corrected chi connectivity index (χ0v) is 14.9. The van der Waals surface area contributed by atoms with Crippen molar-refractivity contribution in [1.82, 2.24) is 25.3 Å². The van der Waals surface area contributed by atoms with Crippen LogP contribution in [0.5, 0.6) is 0 Å². The summed E-state index contributed by atoms with van der Waals surface area (Å²) < 4.78 is 1.77. The molecule has 0 aromatic carbocycles. The number of nitrogens with zero attached hydrogens (tertiary/aromatic N) is 4. The first-order valence-corrected chi connectivity index (χ1v) is 8.19. The highest BCUT2D eigenvalue weighted by atomic mass is 35.5. The molecule has 9 heteroatoms. The van der Waals surface area contributed by atoms with Crippen LogP contribution in [-0.2, 0) is 11.8 Å². The molecular weight excluding hydrogens is 336 g/mol. The van der Waals surface area contributed by atoms with Crippen LogP contribution in [0.25, 0.3) is 0 Å². The Balaban J connectivity index is 0.00000192. The highest BCUT2D eigenvalue weighted by Crippen LogP contribution is 2.29. The molecule has 1 fully saturated rings. The highest BCUT2D eigenvalue weighted by molar-refractivity contribution is 7.15. The zero-order chi connectivity index (χ0) is 15.7. The molecular formula is C14H21ClN6OS. The van der Waals surface area contributed by atoms with Gasteiger partial charge in [-0.2, -0.15) is 5.10 Å². The second-order valence-corrected chi connectivity index (χ2v) is 6.92. The smallest absolute Gasteiger partial charge is 0.231 e. The van der Waals surface area contributed by atoms with E-state index in [4.69, 9.17) is 0 Å². The molecule has 2 aromatic rings. The summed E-state index contributed by atoms with van der Waals surface area (Å²) in [6, 6.07) is 0. The number of carbonyl (C=O) groups is 1. The quantitative estimate of drug-likeness (QED) is 0.872. The minimum Gasteiger partial charge on any atom is -0.315 e. The highest BCUT2D eigenvalue weighted by Gasteiger charge is 2.35. The molecule has 1 aliphatic heterocycles. The van der Waals surface area contributed by atoms with Crippen molar-refractivity contribution in [3.63, 3.8) is 0 Å². The molecule has 0 aliphatic carbocycles. The molecule has 23 heavy (non-hydrogen) atoms. The topological polar surface area (TPSA) is 84.7 Å². The summed E-state index contributed by atoms with van der Waals surface area (Å²) in [7, 11) is 1.88. The largest absolute Gasteiger partial charge is 0.315 e. The second kappa shape index (κ2) is 7.37. The lowest BCUT2D eigenvalue weighted by atomic mass is 9.90. The van der Waals surface area contributed by atoms with Crippen LogP contribution >= 0.6 is 23.7 Å². The van der Waals surface area contributed by atoms with Gasteiger partial charge in [-0.15, -0.1) is 22.6 Å². The second-order valence-electron chi connectivity index (χ2n) is 5.91. The predicted octanol–water partition coefficient (Wildman–Crippen LogP) is 1.76. The van der Waals surface area contributed by atoms with Crippen molar-refractivity contribution in [1.29, 1.82) is 0 Å². The van der Waals surface area contributed by atoms with Gasteiger partial charge in [0.05, 0.1) is 12.1 Å². The molecule has 3 heterocycles. The van der Waals surface area contributed by atoms with Crippen LogP contribution in [0.2, 0.25) is 0 Å². The fourth-order valence-electron chi connectivity index (χ4n) is 2.65. The number of hydrogen-bond donors (Lipinski definition) is 2. The fraction of sp³-hybridized carbons (Fsp3) is 0.571. The number of rotatable bonds is 4. The van der Waals surface area contributed by atoms with Crippen LogP contribution in [0, 0.1) is 5.92 Å². The standard InChI is InChI=1S/C14H20N6OS.ClH/c1-8(2)13-18-19-14(22-13)17-12(21)11-6-15-5-10(11)9-4-16-20(3)7-9;/h4,7-8,10-11,15H,5-6H2,1-3H3,(H,17,19,21);1H/t10-,11+;/m1./s1. The fourth-order valence-corrected chi connectivity index (χ4v) is 3.40. The molecule has 0 bridgehead atoms. The Morgan fingerprint density at radius 1 is 1.43 bits per heavy atom. The lowest BCUT2D eigenvalue weighted by Crippen LogP contribution is -2.28. The number of halogens is 1. The van der Waals surface area contributed by atoms with E-state index in [2.05, 4.69) is 39.8 Å². The Morgan fingerprint density at radius 3 is 2.83 bits per heavy atom. The Morgan fingerprint density at radius 2 is 2.22 bits per heavy atom. The van der Waals surface area contributed by atoms with Crippen molar-refractivity contribution >= 4 is 34.8 Å². The number of aromatic nitrogens is 4. The zero-order valence-electron chi connectivity index (χ0n) is 13.3. The van der Waals surface area contributed by atoms with E-state index >= 15 is 0 Å². The van der Waals surface area contributed by atoms with E-state index in [0.717, 1.165) is 17.1 Å². The summed E-state index contributed by atoms with van der Waals surface area (Å²) in [4.78, 5) is 12.5. The van der Waals surface area contributed by atoms with Gasteiger partial charge in [-0.3, -0.25) is 9.48 Å². The van der Waals surface area contributed by atoms with Crippen molar-refractivity contribution in [2.75, 3.05) is 18.4 Å². The first kappa shape index (κ1) is 17.8. The van der Waals surface area contributed by atoms with Crippen LogP contribution in [0.15, 0.2) is 12.4 Å². The first-order valence-electron chi connectivity index (χ1n) is 7.38. The van der Waals surface area contributed by atoms with Gasteiger partial charge in [0.2, 0.25) is 11.0 Å². The molecule has 0 unspecified atom stereocenters. The van der Waals surface area contributed by atoms with Crippen molar-refractivity contribution in [2.45, 2.75) is 25.7 Å². The summed E-state index contributed by atoms with van der Waals surface area (Å²) in [6.07, 6.45) is 3.81. The third-order valence-electron chi connectivity index (χ3n) is 3.87. The van der Waals surface area contributed by atoms with Gasteiger partial charge in [0.15, 0.2) is 0 Å². The van der Waals surface area contributed by atoms with E-state index in [0.29, 0.717) is 17.6 Å². The molecule has 1 amide bonds. The van der Waals surface area contributed by atoms with Crippen molar-refractivity contribution in [3.8, 4) is 0 Å². The van der Waals surface area contributed by atoms with Gasteiger partial charge in [-0.1, -0.05) is 25.2 Å². The number of carbonyl (C=O) groups excluding carboxylic acids is 1. The van der Waals surface area contributed by atoms with E-state index in [9.17, 15) is 4.79 Å². The van der Waals surface area contributed by atoms with Crippen LogP contribution in [0.4, 0.5) is 5.13 Å². The van der Waals surface area contributed by atoms with E-state index in [-0.39, 0.29) is 30.2 Å². The predicted molar refractivity (Wildman–Crippen MR) is 92.2 cm³/mol. The van der Waals surface area contributed by atoms with Gasteiger partial charge in [0.1, 0.15) is 5.01 Å². The summed E-state index contributed by atoms with van der Waals surface area (Å²) >= 11 is 1.44. The van der Waals surface area contributed by atoms with E-state index < -0.39 is 0 Å². The van der Waals surface area contributed by atoms with Crippen molar-refractivity contribution < 1.29 is 4.79 Å². The Hall–Kier alpha value is -1.51. The first-order chi connectivity index (χ1) is 10.5. The van der Waals surface area contributed by atoms with Crippen LogP contribution in [-0.4, -0.2) is 39.0 Å². The molecule has 1 saturated heterocycles. The lowest BCUT2D eigenvalue weighted by Gasteiger charge is -2.15. The SMILES string of the molecule is CC(C)c1nnc(NC(=O)[C@H]2CNC[C@@H]2c2cnn(C)c2)s1.Cl. The number of aryl methyl sites for hydroxylation is 1. The number of amides is 1. The van der Waals surface area contributed by atoms with Gasteiger partial charge < -0.3 is 10.6 Å². The normalized spacial score (nSPS) is 20.5. The summed E-state index contributed by atoms with van der Waals surface area (Å²) in [6.45, 7) is 5.58. The van der Waals surface area contributed by atoms with Gasteiger partial charge in [0.25, 0.3) is 0 Å². The van der Waals surface area contributed by atoms with Gasteiger partial charge in [-0.05, 0) is 5.56 Å². The minimum absolute atomic E-state index is 0. The monoisotopic (exact) mass is 356 g/mol. The van der Waals surface area contributed by atoms with Crippen LogP contribution in [0.3, 0.4) is 0 Å². The Bertz CT molecular complexity index is 670. The molecule has 0 radical (unpaired) electrons. The van der Waals surface area contributed by atoms with Crippen LogP contribution in [0.1, 0.15) is 36.3 Å². The third-order valence-corrected chi connectivity index (χ3v) is 5.01. The number of nitrogens with one attached hydrogen (secondary N) is 2. The average molecular weight is 357 g/mol. The Kier molecular flexibility index (Phi) is 5.72. The van der Waals surface area contributed by atoms with Gasteiger partial charge in [0, 0.05) is 38.2 Å². The van der Waals surface area contributed by atoms with E-state index in [1.807, 2.05) is 19.4 Å². The maximum absolute atomic E-state index is 12.5. The molecule has 2 aromatic heterocycles. The van der Waals surface area contributed by atoms with Crippen molar-refractivity contribution in [2.24, 2.45) is 13.0 Å². The van der Waals surface area contributed by atoms with Gasteiger partial charge >= 0.3 is 0 Å². The summed E-state index contributed by atoms with van der Waals surface area (Å²) in [5, 5.41) is 20.1. The Labute approximate surface area is 145 Å². The molecule has 0 saturated carbocycles. The maximum atomic E-state index is 12.5. The molecule has 2 N–H and O–H groups in total. The summed E-state index contributed by atoms with van der Waals surface area (Å²) in [5.74, 6) is 0.339. The average Bonchev–Trinajstić information content (AvgIpc) is 3.16. The van der Waals surface area contributed by atoms with Crippen molar-refractivity contribution in [3.05, 3.63) is 23.0 Å². The van der Waals surface area contributed by atoms with E-state index in [1.54, 1.807) is 4.68 Å². The molecule has 3 rings (SSSR count). The van der Waals surface area contributed by atoms with E-state index in [1.165, 1.54) is 11.3 Å². The molecule has 2 atom stereocenters. The third kappa shape index (κ3) is 3.88. The molecule has 1 aliphatic rings. The lowest BCUT2D eigenvalue weighted by molar-refractivity contribution is -0.119. The summed E-state index contributed by atoms with van der Waals surface area (Å²) in [5.41, 5.74) is 1.09. The molecule has 0 spiro atoms. The minimum atomic E-state index is -0.115. The molecule has 126 valence electrons. The number of anilines is 1. The maximum Gasteiger partial charge on any atom is 0.231 e.